The minimum absolute atomic E-state index is 0.0884. The van der Waals surface area contributed by atoms with Gasteiger partial charge in [-0.25, -0.2) is 4.79 Å². The monoisotopic (exact) mass is 831 g/mol. The van der Waals surface area contributed by atoms with E-state index in [0.29, 0.717) is 5.57 Å². The summed E-state index contributed by atoms with van der Waals surface area (Å²) in [6.07, 6.45) is 63.0. The van der Waals surface area contributed by atoms with Crippen molar-refractivity contribution in [2.45, 2.75) is 335 Å². The van der Waals surface area contributed by atoms with Gasteiger partial charge >= 0.3 is 5.97 Å². The van der Waals surface area contributed by atoms with Crippen LogP contribution in [0.5, 0.6) is 0 Å². The van der Waals surface area contributed by atoms with Gasteiger partial charge in [-0.1, -0.05) is 316 Å². The zero-order valence-corrected chi connectivity index (χ0v) is 42.0. The standard InChI is InChI=1S/C55H110O2Si/c1-6-9-12-15-18-21-24-27-30-33-36-39-42-45-48-51-58(57-55(56)54(4)5,52-49-46-43-40-37-34-31-28-25-22-19-16-13-10-7-2)53-50-47-44-41-38-35-32-29-26-23-20-17-14-11-8-3/h4,6-53H2,1-3,5H3. The van der Waals surface area contributed by atoms with Gasteiger partial charge in [0.2, 0.25) is 0 Å². The lowest BCUT2D eigenvalue weighted by atomic mass is 10.0. The van der Waals surface area contributed by atoms with Crippen molar-refractivity contribution in [3.63, 3.8) is 0 Å². The molecule has 0 bridgehead atoms. The lowest BCUT2D eigenvalue weighted by molar-refractivity contribution is -0.131. The Morgan fingerprint density at radius 3 is 0.621 bits per heavy atom. The number of rotatable bonds is 50. The van der Waals surface area contributed by atoms with Crippen molar-refractivity contribution < 1.29 is 9.22 Å². The van der Waals surface area contributed by atoms with Crippen LogP contribution >= 0.6 is 0 Å². The van der Waals surface area contributed by atoms with Gasteiger partial charge in [-0.2, -0.15) is 0 Å². The maximum atomic E-state index is 13.2. The zero-order valence-electron chi connectivity index (χ0n) is 41.0. The third-order valence-corrected chi connectivity index (χ3v) is 17.8. The fourth-order valence-corrected chi connectivity index (χ4v) is 13.6. The summed E-state index contributed by atoms with van der Waals surface area (Å²) in [5.41, 5.74) is 0.598. The van der Waals surface area contributed by atoms with Gasteiger partial charge < -0.3 is 4.43 Å². The van der Waals surface area contributed by atoms with Gasteiger partial charge in [0.05, 0.1) is 0 Å². The average Bonchev–Trinajstić information content (AvgIpc) is 3.22. The molecule has 0 amide bonds. The van der Waals surface area contributed by atoms with Crippen LogP contribution in [0.1, 0.15) is 317 Å². The highest BCUT2D eigenvalue weighted by Crippen LogP contribution is 2.32. The third-order valence-electron chi connectivity index (χ3n) is 13.4. The second kappa shape index (κ2) is 47.5. The molecule has 0 aliphatic carbocycles. The van der Waals surface area contributed by atoms with E-state index in [1.54, 1.807) is 0 Å². The highest BCUT2D eigenvalue weighted by atomic mass is 28.4. The van der Waals surface area contributed by atoms with Crippen LogP contribution in [0.25, 0.3) is 0 Å². The molecule has 0 saturated carbocycles. The van der Waals surface area contributed by atoms with Gasteiger partial charge in [0.1, 0.15) is 0 Å². The molecule has 0 aromatic carbocycles. The molecule has 0 N–H and O–H groups in total. The van der Waals surface area contributed by atoms with Crippen LogP contribution in [0, 0.1) is 0 Å². The second-order valence-electron chi connectivity index (χ2n) is 19.5. The summed E-state index contributed by atoms with van der Waals surface area (Å²) in [5.74, 6) is -0.0884. The molecular formula is C55H110O2Si. The van der Waals surface area contributed by atoms with Crippen molar-refractivity contribution in [2.24, 2.45) is 0 Å². The fraction of sp³-hybridized carbons (Fsp3) is 0.945. The van der Waals surface area contributed by atoms with E-state index in [9.17, 15) is 4.79 Å². The summed E-state index contributed by atoms with van der Waals surface area (Å²) in [5, 5.41) is 0. The molecule has 346 valence electrons. The van der Waals surface area contributed by atoms with Crippen LogP contribution in [0.3, 0.4) is 0 Å². The highest BCUT2D eigenvalue weighted by molar-refractivity contribution is 6.75. The van der Waals surface area contributed by atoms with Crippen LogP contribution in [-0.2, 0) is 9.22 Å². The zero-order chi connectivity index (χ0) is 42.3. The Balaban J connectivity index is 4.64. The molecule has 0 heterocycles. The van der Waals surface area contributed by atoms with Crippen molar-refractivity contribution in [1.82, 2.24) is 0 Å². The lowest BCUT2D eigenvalue weighted by Crippen LogP contribution is -2.40. The molecule has 0 unspecified atom stereocenters. The first kappa shape index (κ1) is 57.4. The maximum Gasteiger partial charge on any atom is 0.319 e. The van der Waals surface area contributed by atoms with Crippen LogP contribution < -0.4 is 0 Å². The summed E-state index contributed by atoms with van der Waals surface area (Å²) in [7, 11) is -2.15. The van der Waals surface area contributed by atoms with Gasteiger partial charge in [-0.05, 0) is 25.1 Å². The Labute approximate surface area is 369 Å². The van der Waals surface area contributed by atoms with Crippen LogP contribution in [0.4, 0.5) is 0 Å². The normalized spacial score (nSPS) is 11.8. The average molecular weight is 832 g/mol. The molecule has 58 heavy (non-hydrogen) atoms. The molecule has 0 saturated heterocycles. The van der Waals surface area contributed by atoms with E-state index in [0.717, 1.165) is 0 Å². The van der Waals surface area contributed by atoms with Gasteiger partial charge in [-0.3, -0.25) is 0 Å². The van der Waals surface area contributed by atoms with Crippen molar-refractivity contribution in [2.75, 3.05) is 0 Å². The van der Waals surface area contributed by atoms with Crippen LogP contribution in [0.15, 0.2) is 12.2 Å². The predicted octanol–water partition coefficient (Wildman–Crippen LogP) is 20.7. The Bertz CT molecular complexity index is 739. The predicted molar refractivity (Wildman–Crippen MR) is 266 cm³/mol. The van der Waals surface area contributed by atoms with Gasteiger partial charge in [-0.15, -0.1) is 0 Å². The molecule has 0 atom stereocenters. The van der Waals surface area contributed by atoms with E-state index in [1.165, 1.54) is 307 Å². The Kier molecular flexibility index (Phi) is 47.0. The number of carbonyl (C=O) groups excluding carboxylic acids is 1. The van der Waals surface area contributed by atoms with E-state index in [-0.39, 0.29) is 5.97 Å². The van der Waals surface area contributed by atoms with Crippen molar-refractivity contribution in [3.8, 4) is 0 Å². The smallest absolute Gasteiger partial charge is 0.319 e. The first-order valence-corrected chi connectivity index (χ1v) is 29.9. The summed E-state index contributed by atoms with van der Waals surface area (Å²) in [6, 6.07) is 3.55. The number of unbranched alkanes of at least 4 members (excludes halogenated alkanes) is 42. The summed E-state index contributed by atoms with van der Waals surface area (Å²) < 4.78 is 6.66. The Hall–Kier alpha value is -0.573. The van der Waals surface area contributed by atoms with E-state index < -0.39 is 8.32 Å². The fourth-order valence-electron chi connectivity index (χ4n) is 9.27. The van der Waals surface area contributed by atoms with Gasteiger partial charge in [0.25, 0.3) is 8.32 Å². The van der Waals surface area contributed by atoms with E-state index in [4.69, 9.17) is 4.43 Å². The SMILES string of the molecule is C=C(C)C(=O)O[Si](CCCCCCCCCCCCCCCCC)(CCCCCCCCCCCCCCCCC)CCCCCCCCCCCCCCCCC. The molecule has 0 spiro atoms. The largest absolute Gasteiger partial charge is 0.516 e. The molecule has 0 aromatic heterocycles. The maximum absolute atomic E-state index is 13.2. The number of carbonyl (C=O) groups is 1. The molecule has 3 heteroatoms. The highest BCUT2D eigenvalue weighted by Gasteiger charge is 2.37. The van der Waals surface area contributed by atoms with Gasteiger partial charge in [0.15, 0.2) is 0 Å². The summed E-state index contributed by atoms with van der Waals surface area (Å²) in [6.45, 7) is 12.8. The minimum Gasteiger partial charge on any atom is -0.516 e. The molecule has 0 aromatic rings. The molecule has 0 radical (unpaired) electrons. The molecule has 0 rings (SSSR count). The van der Waals surface area contributed by atoms with Crippen molar-refractivity contribution >= 4 is 14.3 Å². The molecule has 2 nitrogen and oxygen atoms in total. The summed E-state index contributed by atoms with van der Waals surface area (Å²) >= 11 is 0. The lowest BCUT2D eigenvalue weighted by Gasteiger charge is -2.32. The first-order chi connectivity index (χ1) is 28.5. The number of hydrogen-bond acceptors (Lipinski definition) is 2. The quantitative estimate of drug-likeness (QED) is 0.0347. The van der Waals surface area contributed by atoms with Crippen molar-refractivity contribution in [3.05, 3.63) is 12.2 Å². The second-order valence-corrected chi connectivity index (χ2v) is 23.5. The Morgan fingerprint density at radius 1 is 0.310 bits per heavy atom. The van der Waals surface area contributed by atoms with Crippen LogP contribution in [0.2, 0.25) is 18.1 Å². The molecule has 0 aliphatic rings. The topological polar surface area (TPSA) is 26.3 Å². The molecule has 0 aliphatic heterocycles. The van der Waals surface area contributed by atoms with E-state index in [1.807, 2.05) is 6.92 Å². The number of hydrogen-bond donors (Lipinski definition) is 0. The van der Waals surface area contributed by atoms with Gasteiger partial charge in [0, 0.05) is 5.57 Å². The van der Waals surface area contributed by atoms with Crippen molar-refractivity contribution in [1.29, 1.82) is 0 Å². The van der Waals surface area contributed by atoms with E-state index in [2.05, 4.69) is 27.4 Å². The first-order valence-electron chi connectivity index (χ1n) is 27.4. The summed E-state index contributed by atoms with van der Waals surface area (Å²) in [4.78, 5) is 13.2. The third kappa shape index (κ3) is 42.1. The molecular weight excluding hydrogens is 721 g/mol. The molecule has 0 fully saturated rings. The minimum atomic E-state index is -2.15. The Morgan fingerprint density at radius 2 is 0.466 bits per heavy atom. The van der Waals surface area contributed by atoms with Crippen LogP contribution in [-0.4, -0.2) is 14.3 Å². The van der Waals surface area contributed by atoms with E-state index >= 15 is 0 Å².